The predicted molar refractivity (Wildman–Crippen MR) is 98.0 cm³/mol. The van der Waals surface area contributed by atoms with Crippen LogP contribution in [-0.2, 0) is 11.3 Å². The van der Waals surface area contributed by atoms with E-state index in [0.717, 1.165) is 32.5 Å². The molecule has 1 saturated heterocycles. The van der Waals surface area contributed by atoms with Crippen LogP contribution >= 0.6 is 0 Å². The minimum absolute atomic E-state index is 0.158. The summed E-state index contributed by atoms with van der Waals surface area (Å²) >= 11 is 0. The van der Waals surface area contributed by atoms with E-state index in [-0.39, 0.29) is 18.2 Å². The van der Waals surface area contributed by atoms with Crippen molar-refractivity contribution in [1.82, 2.24) is 9.80 Å². The van der Waals surface area contributed by atoms with E-state index in [0.29, 0.717) is 0 Å². The fourth-order valence-corrected chi connectivity index (χ4v) is 3.29. The average molecular weight is 332 g/mol. The summed E-state index contributed by atoms with van der Waals surface area (Å²) in [6.45, 7) is 12.9. The van der Waals surface area contributed by atoms with Crippen molar-refractivity contribution in [3.8, 4) is 0 Å². The van der Waals surface area contributed by atoms with E-state index in [4.69, 9.17) is 4.74 Å². The van der Waals surface area contributed by atoms with Gasteiger partial charge < -0.3 is 9.64 Å². The fraction of sp³-hybridized carbons (Fsp3) is 0.650. The van der Waals surface area contributed by atoms with Crippen LogP contribution in [0, 0.1) is 0 Å². The molecule has 0 aliphatic carbocycles. The summed E-state index contributed by atoms with van der Waals surface area (Å²) in [7, 11) is 0. The Morgan fingerprint density at radius 2 is 1.79 bits per heavy atom. The highest BCUT2D eigenvalue weighted by Crippen LogP contribution is 2.23. The Morgan fingerprint density at radius 1 is 1.21 bits per heavy atom. The van der Waals surface area contributed by atoms with E-state index < -0.39 is 5.60 Å². The van der Waals surface area contributed by atoms with Gasteiger partial charge in [-0.05, 0) is 53.0 Å². The number of carbonyl (C=O) groups is 1. The van der Waals surface area contributed by atoms with Crippen LogP contribution in [0.4, 0.5) is 4.79 Å². The molecule has 0 unspecified atom stereocenters. The molecule has 0 bridgehead atoms. The maximum atomic E-state index is 12.6. The van der Waals surface area contributed by atoms with Crippen LogP contribution in [0.1, 0.15) is 53.0 Å². The molecular formula is C20H32N2O2. The molecule has 1 fully saturated rings. The molecule has 1 amide bonds. The van der Waals surface area contributed by atoms with E-state index in [2.05, 4.69) is 49.1 Å². The molecule has 134 valence electrons. The van der Waals surface area contributed by atoms with Gasteiger partial charge >= 0.3 is 6.09 Å². The highest BCUT2D eigenvalue weighted by Gasteiger charge is 2.32. The zero-order valence-corrected chi connectivity index (χ0v) is 15.8. The van der Waals surface area contributed by atoms with Crippen LogP contribution in [-0.4, -0.2) is 46.7 Å². The lowest BCUT2D eigenvalue weighted by Gasteiger charge is -2.41. The molecule has 1 heterocycles. The monoisotopic (exact) mass is 332 g/mol. The number of hydrogen-bond donors (Lipinski definition) is 0. The maximum Gasteiger partial charge on any atom is 0.410 e. The van der Waals surface area contributed by atoms with Crippen LogP contribution in [0.3, 0.4) is 0 Å². The summed E-state index contributed by atoms with van der Waals surface area (Å²) in [6.07, 6.45) is 1.83. The van der Waals surface area contributed by atoms with Crippen LogP contribution in [0.15, 0.2) is 30.3 Å². The van der Waals surface area contributed by atoms with Crippen molar-refractivity contribution in [2.75, 3.05) is 13.1 Å². The lowest BCUT2D eigenvalue weighted by Crippen LogP contribution is -2.51. The summed E-state index contributed by atoms with van der Waals surface area (Å²) < 4.78 is 5.61. The SMILES string of the molecule is CC(C)N(C(=O)OC(C)(C)C)C1CCN(Cc2ccccc2)CC1. The second-order valence-corrected chi connectivity index (χ2v) is 7.97. The Bertz CT molecular complexity index is 514. The standard InChI is InChI=1S/C20H32N2O2/c1-16(2)22(19(23)24-20(3,4)5)18-11-13-21(14-12-18)15-17-9-7-6-8-10-17/h6-10,16,18H,11-15H2,1-5H3. The second kappa shape index (κ2) is 8.02. The molecule has 0 spiro atoms. The number of ether oxygens (including phenoxy) is 1. The minimum atomic E-state index is -0.446. The number of rotatable bonds is 4. The number of piperidine rings is 1. The molecular weight excluding hydrogens is 300 g/mol. The first kappa shape index (κ1) is 18.8. The Morgan fingerprint density at radius 3 is 2.29 bits per heavy atom. The summed E-state index contributed by atoms with van der Waals surface area (Å²) in [5, 5.41) is 0. The van der Waals surface area contributed by atoms with Crippen molar-refractivity contribution in [2.45, 2.75) is 71.7 Å². The third-order valence-corrected chi connectivity index (χ3v) is 4.36. The first-order valence-corrected chi connectivity index (χ1v) is 9.04. The molecule has 0 N–H and O–H groups in total. The van der Waals surface area contributed by atoms with Gasteiger partial charge in [-0.1, -0.05) is 30.3 Å². The largest absolute Gasteiger partial charge is 0.444 e. The number of hydrogen-bond acceptors (Lipinski definition) is 3. The zero-order valence-electron chi connectivity index (χ0n) is 15.8. The van der Waals surface area contributed by atoms with E-state index in [9.17, 15) is 4.79 Å². The fourth-order valence-electron chi connectivity index (χ4n) is 3.29. The zero-order chi connectivity index (χ0) is 17.7. The number of benzene rings is 1. The molecule has 24 heavy (non-hydrogen) atoms. The predicted octanol–water partition coefficient (Wildman–Crippen LogP) is 4.30. The molecule has 4 heteroatoms. The smallest absolute Gasteiger partial charge is 0.410 e. The van der Waals surface area contributed by atoms with Crippen molar-refractivity contribution in [2.24, 2.45) is 0 Å². The Kier molecular flexibility index (Phi) is 6.27. The summed E-state index contributed by atoms with van der Waals surface area (Å²) in [6, 6.07) is 11.0. The van der Waals surface area contributed by atoms with E-state index in [1.807, 2.05) is 25.7 Å². The molecule has 1 aliphatic rings. The molecule has 0 radical (unpaired) electrons. The van der Waals surface area contributed by atoms with Gasteiger partial charge in [-0.15, -0.1) is 0 Å². The van der Waals surface area contributed by atoms with Crippen molar-refractivity contribution >= 4 is 6.09 Å². The third kappa shape index (κ3) is 5.52. The second-order valence-electron chi connectivity index (χ2n) is 7.97. The Labute approximate surface area is 146 Å². The molecule has 1 aliphatic heterocycles. The van der Waals surface area contributed by atoms with Gasteiger partial charge in [-0.25, -0.2) is 4.79 Å². The van der Waals surface area contributed by atoms with Gasteiger partial charge in [0, 0.05) is 31.7 Å². The van der Waals surface area contributed by atoms with Crippen molar-refractivity contribution in [3.63, 3.8) is 0 Å². The Hall–Kier alpha value is -1.55. The molecule has 0 aromatic heterocycles. The number of likely N-dealkylation sites (tertiary alicyclic amines) is 1. The highest BCUT2D eigenvalue weighted by molar-refractivity contribution is 5.69. The van der Waals surface area contributed by atoms with Crippen LogP contribution in [0.25, 0.3) is 0 Å². The lowest BCUT2D eigenvalue weighted by molar-refractivity contribution is -0.000595. The quantitative estimate of drug-likeness (QED) is 0.824. The van der Waals surface area contributed by atoms with Crippen molar-refractivity contribution in [3.05, 3.63) is 35.9 Å². The van der Waals surface area contributed by atoms with Gasteiger partial charge in [-0.2, -0.15) is 0 Å². The number of carbonyl (C=O) groups excluding carboxylic acids is 1. The molecule has 1 aromatic rings. The molecule has 2 rings (SSSR count). The van der Waals surface area contributed by atoms with Gasteiger partial charge in [0.2, 0.25) is 0 Å². The molecule has 0 atom stereocenters. The van der Waals surface area contributed by atoms with Crippen LogP contribution in [0.2, 0.25) is 0 Å². The maximum absolute atomic E-state index is 12.6. The first-order valence-electron chi connectivity index (χ1n) is 9.04. The van der Waals surface area contributed by atoms with E-state index >= 15 is 0 Å². The van der Waals surface area contributed by atoms with Crippen LogP contribution in [0.5, 0.6) is 0 Å². The average Bonchev–Trinajstić information content (AvgIpc) is 2.48. The normalized spacial score (nSPS) is 17.1. The third-order valence-electron chi connectivity index (χ3n) is 4.36. The lowest BCUT2D eigenvalue weighted by atomic mass is 10.0. The van der Waals surface area contributed by atoms with E-state index in [1.165, 1.54) is 5.56 Å². The summed E-state index contributed by atoms with van der Waals surface area (Å²) in [4.78, 5) is 17.0. The number of amides is 1. The van der Waals surface area contributed by atoms with E-state index in [1.54, 1.807) is 0 Å². The molecule has 1 aromatic carbocycles. The van der Waals surface area contributed by atoms with Gasteiger partial charge in [0.1, 0.15) is 5.60 Å². The summed E-state index contributed by atoms with van der Waals surface area (Å²) in [5.41, 5.74) is 0.905. The molecule has 4 nitrogen and oxygen atoms in total. The van der Waals surface area contributed by atoms with Crippen molar-refractivity contribution < 1.29 is 9.53 Å². The molecule has 0 saturated carbocycles. The minimum Gasteiger partial charge on any atom is -0.444 e. The summed E-state index contributed by atoms with van der Waals surface area (Å²) in [5.74, 6) is 0. The number of nitrogens with zero attached hydrogens (tertiary/aromatic N) is 2. The van der Waals surface area contributed by atoms with Gasteiger partial charge in [0.15, 0.2) is 0 Å². The van der Waals surface area contributed by atoms with Crippen molar-refractivity contribution in [1.29, 1.82) is 0 Å². The highest BCUT2D eigenvalue weighted by atomic mass is 16.6. The Balaban J connectivity index is 1.91. The van der Waals surface area contributed by atoms with Crippen LogP contribution < -0.4 is 0 Å². The first-order chi connectivity index (χ1) is 11.3. The van der Waals surface area contributed by atoms with Gasteiger partial charge in [0.25, 0.3) is 0 Å². The van der Waals surface area contributed by atoms with Gasteiger partial charge in [0.05, 0.1) is 0 Å². The topological polar surface area (TPSA) is 32.8 Å². The van der Waals surface area contributed by atoms with Gasteiger partial charge in [-0.3, -0.25) is 4.90 Å².